The molecule has 0 saturated carbocycles. The van der Waals surface area contributed by atoms with Crippen LogP contribution in [0.25, 0.3) is 0 Å². The number of aromatic nitrogens is 2. The zero-order valence-corrected chi connectivity index (χ0v) is 12.4. The summed E-state index contributed by atoms with van der Waals surface area (Å²) in [5.41, 5.74) is 3.65. The van der Waals surface area contributed by atoms with Gasteiger partial charge in [-0.3, -0.25) is 5.10 Å². The van der Waals surface area contributed by atoms with Crippen LogP contribution in [0.5, 0.6) is 0 Å². The molecular formula is C12H21N3S2. The van der Waals surface area contributed by atoms with Crippen LogP contribution in [0.15, 0.2) is 0 Å². The fraction of sp³-hybridized carbons (Fsp3) is 0.750. The average Bonchev–Trinajstić information content (AvgIpc) is 2.53. The van der Waals surface area contributed by atoms with Gasteiger partial charge in [0, 0.05) is 46.4 Å². The summed E-state index contributed by atoms with van der Waals surface area (Å²) in [7, 11) is 0. The number of hydrogen-bond donors (Lipinski definition) is 2. The molecule has 1 aromatic rings. The monoisotopic (exact) mass is 271 g/mol. The average molecular weight is 271 g/mol. The summed E-state index contributed by atoms with van der Waals surface area (Å²) in [5, 5.41) is 11.1. The number of nitrogens with zero attached hydrogens (tertiary/aromatic N) is 1. The first-order valence-corrected chi connectivity index (χ1v) is 8.42. The van der Waals surface area contributed by atoms with Crippen LogP contribution in [0.2, 0.25) is 0 Å². The Morgan fingerprint density at radius 1 is 1.29 bits per heavy atom. The normalized spacial score (nSPS) is 20.2. The first kappa shape index (κ1) is 13.3. The molecule has 17 heavy (non-hydrogen) atoms. The number of aryl methyl sites for hydroxylation is 2. The van der Waals surface area contributed by atoms with E-state index in [1.165, 1.54) is 34.3 Å². The zero-order valence-electron chi connectivity index (χ0n) is 10.7. The van der Waals surface area contributed by atoms with Crippen molar-refractivity contribution in [3.05, 3.63) is 17.0 Å². The number of nitrogens with one attached hydrogen (secondary N) is 2. The van der Waals surface area contributed by atoms with Crippen molar-refractivity contribution >= 4 is 23.5 Å². The van der Waals surface area contributed by atoms with Crippen molar-refractivity contribution in [1.82, 2.24) is 15.5 Å². The molecule has 1 aliphatic rings. The molecule has 2 N–H and O–H groups in total. The fourth-order valence-electron chi connectivity index (χ4n) is 2.35. The van der Waals surface area contributed by atoms with Crippen molar-refractivity contribution in [2.75, 3.05) is 23.0 Å². The molecule has 2 rings (SSSR count). The number of aromatic amines is 1. The highest BCUT2D eigenvalue weighted by atomic mass is 32.2. The van der Waals surface area contributed by atoms with Gasteiger partial charge in [-0.05, 0) is 20.8 Å². The van der Waals surface area contributed by atoms with Crippen molar-refractivity contribution < 1.29 is 0 Å². The van der Waals surface area contributed by atoms with E-state index in [0.717, 1.165) is 5.69 Å². The van der Waals surface area contributed by atoms with Crippen LogP contribution in [-0.4, -0.2) is 39.3 Å². The molecular weight excluding hydrogens is 250 g/mol. The zero-order chi connectivity index (χ0) is 12.3. The van der Waals surface area contributed by atoms with E-state index >= 15 is 0 Å². The van der Waals surface area contributed by atoms with Crippen LogP contribution in [0.4, 0.5) is 0 Å². The quantitative estimate of drug-likeness (QED) is 0.886. The van der Waals surface area contributed by atoms with Gasteiger partial charge in [-0.15, -0.1) is 0 Å². The Morgan fingerprint density at radius 2 is 1.94 bits per heavy atom. The first-order chi connectivity index (χ1) is 8.18. The summed E-state index contributed by atoms with van der Waals surface area (Å²) < 4.78 is 0. The number of hydrogen-bond acceptors (Lipinski definition) is 4. The van der Waals surface area contributed by atoms with Gasteiger partial charge in [0.05, 0.1) is 5.69 Å². The molecule has 0 spiro atoms. The molecule has 1 aromatic heterocycles. The Morgan fingerprint density at radius 3 is 2.47 bits per heavy atom. The van der Waals surface area contributed by atoms with Gasteiger partial charge >= 0.3 is 0 Å². The Labute approximate surface area is 112 Å². The highest BCUT2D eigenvalue weighted by Crippen LogP contribution is 2.22. The lowest BCUT2D eigenvalue weighted by Gasteiger charge is -2.21. The van der Waals surface area contributed by atoms with E-state index in [1.807, 2.05) is 0 Å². The van der Waals surface area contributed by atoms with E-state index in [1.54, 1.807) is 0 Å². The van der Waals surface area contributed by atoms with Gasteiger partial charge in [0.1, 0.15) is 0 Å². The lowest BCUT2D eigenvalue weighted by atomic mass is 10.1. The largest absolute Gasteiger partial charge is 0.306 e. The standard InChI is InChI=1S/C12H21N3S2/c1-8(12-9(2)14-15-10(12)3)13-11-6-16-4-5-17-7-11/h8,11,13H,4-7H2,1-3H3,(H,14,15)/t8-/m1/s1. The van der Waals surface area contributed by atoms with Crippen LogP contribution >= 0.6 is 23.5 Å². The molecule has 96 valence electrons. The maximum Gasteiger partial charge on any atom is 0.0641 e. The molecule has 0 aromatic carbocycles. The van der Waals surface area contributed by atoms with Crippen LogP contribution in [0.3, 0.4) is 0 Å². The molecule has 1 saturated heterocycles. The summed E-state index contributed by atoms with van der Waals surface area (Å²) in [5.74, 6) is 5.04. The highest BCUT2D eigenvalue weighted by Gasteiger charge is 2.19. The topological polar surface area (TPSA) is 40.7 Å². The van der Waals surface area contributed by atoms with Crippen molar-refractivity contribution in [2.45, 2.75) is 32.9 Å². The number of H-pyrrole nitrogens is 1. The van der Waals surface area contributed by atoms with Gasteiger partial charge in [-0.2, -0.15) is 28.6 Å². The van der Waals surface area contributed by atoms with Gasteiger partial charge < -0.3 is 5.32 Å². The highest BCUT2D eigenvalue weighted by molar-refractivity contribution is 8.03. The lowest BCUT2D eigenvalue weighted by Crippen LogP contribution is -2.35. The molecule has 1 atom stereocenters. The number of rotatable bonds is 3. The first-order valence-electron chi connectivity index (χ1n) is 6.11. The van der Waals surface area contributed by atoms with Gasteiger partial charge in [-0.1, -0.05) is 0 Å². The van der Waals surface area contributed by atoms with Gasteiger partial charge in [0.15, 0.2) is 0 Å². The summed E-state index contributed by atoms with van der Waals surface area (Å²) in [6, 6.07) is 1.01. The summed E-state index contributed by atoms with van der Waals surface area (Å²) >= 11 is 4.13. The Balaban J connectivity index is 1.98. The van der Waals surface area contributed by atoms with E-state index in [9.17, 15) is 0 Å². The SMILES string of the molecule is Cc1n[nH]c(C)c1[C@@H](C)NC1CSCCSC1. The van der Waals surface area contributed by atoms with E-state index in [-0.39, 0.29) is 0 Å². The van der Waals surface area contributed by atoms with Gasteiger partial charge in [-0.25, -0.2) is 0 Å². The minimum Gasteiger partial charge on any atom is -0.306 e. The second-order valence-electron chi connectivity index (χ2n) is 4.58. The van der Waals surface area contributed by atoms with Crippen LogP contribution in [0, 0.1) is 13.8 Å². The lowest BCUT2D eigenvalue weighted by molar-refractivity contribution is 0.513. The van der Waals surface area contributed by atoms with Crippen molar-refractivity contribution in [3.8, 4) is 0 Å². The molecule has 2 heterocycles. The Kier molecular flexibility index (Phi) is 4.82. The Hall–Kier alpha value is -0.130. The second-order valence-corrected chi connectivity index (χ2v) is 6.88. The van der Waals surface area contributed by atoms with Crippen molar-refractivity contribution in [2.24, 2.45) is 0 Å². The molecule has 3 nitrogen and oxygen atoms in total. The third-order valence-corrected chi connectivity index (χ3v) is 5.63. The predicted octanol–water partition coefficient (Wildman–Crippen LogP) is 2.53. The molecule has 0 unspecified atom stereocenters. The van der Waals surface area contributed by atoms with Crippen molar-refractivity contribution in [1.29, 1.82) is 0 Å². The van der Waals surface area contributed by atoms with Gasteiger partial charge in [0.25, 0.3) is 0 Å². The molecule has 5 heteroatoms. The molecule has 0 radical (unpaired) electrons. The van der Waals surface area contributed by atoms with E-state index < -0.39 is 0 Å². The fourth-order valence-corrected chi connectivity index (χ4v) is 4.77. The molecule has 1 aliphatic heterocycles. The summed E-state index contributed by atoms with van der Waals surface area (Å²) in [6.45, 7) is 6.42. The van der Waals surface area contributed by atoms with E-state index in [0.29, 0.717) is 12.1 Å². The third-order valence-electron chi connectivity index (χ3n) is 3.11. The van der Waals surface area contributed by atoms with Crippen LogP contribution in [0.1, 0.15) is 29.9 Å². The minimum absolute atomic E-state index is 0.387. The maximum atomic E-state index is 4.27. The molecule has 0 aliphatic carbocycles. The van der Waals surface area contributed by atoms with Crippen molar-refractivity contribution in [3.63, 3.8) is 0 Å². The smallest absolute Gasteiger partial charge is 0.0641 e. The second kappa shape index (κ2) is 6.16. The Bertz CT molecular complexity index is 337. The molecule has 1 fully saturated rings. The van der Waals surface area contributed by atoms with Gasteiger partial charge in [0.2, 0.25) is 0 Å². The van der Waals surface area contributed by atoms with Crippen LogP contribution < -0.4 is 5.32 Å². The minimum atomic E-state index is 0.387. The molecule has 0 bridgehead atoms. The predicted molar refractivity (Wildman–Crippen MR) is 78.1 cm³/mol. The van der Waals surface area contributed by atoms with E-state index in [4.69, 9.17) is 0 Å². The summed E-state index contributed by atoms with van der Waals surface area (Å²) in [4.78, 5) is 0. The van der Waals surface area contributed by atoms with E-state index in [2.05, 4.69) is 59.8 Å². The summed E-state index contributed by atoms with van der Waals surface area (Å²) in [6.07, 6.45) is 0. The third kappa shape index (κ3) is 3.42. The number of thioether (sulfide) groups is 2. The maximum absolute atomic E-state index is 4.27. The van der Waals surface area contributed by atoms with Crippen LogP contribution in [-0.2, 0) is 0 Å². The molecule has 0 amide bonds.